The summed E-state index contributed by atoms with van der Waals surface area (Å²) in [5, 5.41) is 7.49. The second kappa shape index (κ2) is 9.40. The van der Waals surface area contributed by atoms with Crippen LogP contribution in [0.1, 0.15) is 42.5 Å². The molecule has 2 heterocycles. The van der Waals surface area contributed by atoms with E-state index in [1.807, 2.05) is 37.5 Å². The first-order chi connectivity index (χ1) is 14.0. The average molecular weight is 436 g/mol. The highest BCUT2D eigenvalue weighted by molar-refractivity contribution is 7.18. The first-order valence-electron chi connectivity index (χ1n) is 9.38. The van der Waals surface area contributed by atoms with Crippen LogP contribution in [-0.2, 0) is 23.1 Å². The number of carbonyl (C=O) groups is 3. The number of rotatable bonds is 7. The van der Waals surface area contributed by atoms with E-state index in [1.165, 1.54) is 12.0 Å². The van der Waals surface area contributed by atoms with Crippen molar-refractivity contribution < 1.29 is 19.1 Å². The van der Waals surface area contributed by atoms with Gasteiger partial charge in [-0.05, 0) is 33.4 Å². The van der Waals surface area contributed by atoms with E-state index < -0.39 is 5.97 Å². The van der Waals surface area contributed by atoms with Gasteiger partial charge in [0, 0.05) is 38.9 Å². The Bertz CT molecular complexity index is 976. The fourth-order valence-corrected chi connectivity index (χ4v) is 4.37. The number of aryl methyl sites for hydroxylation is 2. The third-order valence-corrected chi connectivity index (χ3v) is 6.09. The number of amides is 2. The molecule has 0 aromatic carbocycles. The minimum absolute atomic E-state index is 0.113. The summed E-state index contributed by atoms with van der Waals surface area (Å²) in [7, 11) is 8.26. The normalized spacial score (nSPS) is 11.0. The molecule has 0 aliphatic carbocycles. The summed E-state index contributed by atoms with van der Waals surface area (Å²) in [5.41, 5.74) is 3.76. The SMILES string of the molecule is COC(=O)c1c(NC(=O)CN(C)Cc2c(C)nn(C)c2C)sc(C(=O)N(C)C)c1C. The van der Waals surface area contributed by atoms with Gasteiger partial charge in [0.1, 0.15) is 5.00 Å². The highest BCUT2D eigenvalue weighted by atomic mass is 32.1. The standard InChI is InChI=1S/C20H29N5O4S/c1-11-16(20(28)29-8)18(30-17(11)19(27)23(4)5)21-15(26)10-24(6)9-14-12(2)22-25(7)13(14)3/h9-10H2,1-8H3,(H,21,26). The van der Waals surface area contributed by atoms with Crippen LogP contribution in [0.2, 0.25) is 0 Å². The molecule has 30 heavy (non-hydrogen) atoms. The Kier molecular flexibility index (Phi) is 7.38. The number of thiophene rings is 1. The van der Waals surface area contributed by atoms with Crippen molar-refractivity contribution in [3.63, 3.8) is 0 Å². The largest absolute Gasteiger partial charge is 0.465 e. The van der Waals surface area contributed by atoms with Crippen LogP contribution in [0.15, 0.2) is 0 Å². The molecule has 2 aromatic rings. The molecule has 10 heteroatoms. The molecule has 1 N–H and O–H groups in total. The number of hydrogen-bond donors (Lipinski definition) is 1. The maximum absolute atomic E-state index is 12.7. The van der Waals surface area contributed by atoms with Crippen molar-refractivity contribution in [3.05, 3.63) is 33.0 Å². The van der Waals surface area contributed by atoms with Crippen LogP contribution >= 0.6 is 11.3 Å². The molecule has 0 saturated heterocycles. The van der Waals surface area contributed by atoms with Crippen molar-refractivity contribution in [2.75, 3.05) is 40.1 Å². The van der Waals surface area contributed by atoms with Gasteiger partial charge in [-0.2, -0.15) is 5.10 Å². The topological polar surface area (TPSA) is 96.8 Å². The fourth-order valence-electron chi connectivity index (χ4n) is 3.14. The summed E-state index contributed by atoms with van der Waals surface area (Å²) in [6, 6.07) is 0. The molecule has 2 rings (SSSR count). The summed E-state index contributed by atoms with van der Waals surface area (Å²) < 4.78 is 6.67. The number of ether oxygens (including phenoxy) is 1. The Morgan fingerprint density at radius 3 is 2.30 bits per heavy atom. The van der Waals surface area contributed by atoms with Crippen molar-refractivity contribution >= 4 is 34.1 Å². The van der Waals surface area contributed by atoms with Crippen LogP contribution in [0.5, 0.6) is 0 Å². The quantitative estimate of drug-likeness (QED) is 0.668. The van der Waals surface area contributed by atoms with Crippen molar-refractivity contribution in [1.82, 2.24) is 19.6 Å². The smallest absolute Gasteiger partial charge is 0.341 e. The molecule has 0 aliphatic rings. The number of carbonyl (C=O) groups excluding carboxylic acids is 3. The summed E-state index contributed by atoms with van der Waals surface area (Å²) in [4.78, 5) is 41.1. The fraction of sp³-hybridized carbons (Fsp3) is 0.500. The van der Waals surface area contributed by atoms with Crippen molar-refractivity contribution in [1.29, 1.82) is 0 Å². The average Bonchev–Trinajstić information content (AvgIpc) is 3.10. The predicted molar refractivity (Wildman–Crippen MR) is 116 cm³/mol. The van der Waals surface area contributed by atoms with Gasteiger partial charge in [-0.15, -0.1) is 11.3 Å². The number of anilines is 1. The van der Waals surface area contributed by atoms with Crippen LogP contribution in [0.25, 0.3) is 0 Å². The molecule has 0 radical (unpaired) electrons. The Labute approximate surface area is 180 Å². The number of hydrogen-bond acceptors (Lipinski definition) is 7. The molecule has 0 bridgehead atoms. The van der Waals surface area contributed by atoms with E-state index in [2.05, 4.69) is 10.4 Å². The van der Waals surface area contributed by atoms with Crippen molar-refractivity contribution in [2.45, 2.75) is 27.3 Å². The minimum atomic E-state index is -0.591. The maximum Gasteiger partial charge on any atom is 0.341 e. The predicted octanol–water partition coefficient (Wildman–Crippen LogP) is 1.97. The molecule has 2 amide bonds. The second-order valence-corrected chi connectivity index (χ2v) is 8.47. The van der Waals surface area contributed by atoms with Gasteiger partial charge >= 0.3 is 5.97 Å². The summed E-state index contributed by atoms with van der Waals surface area (Å²) >= 11 is 1.08. The van der Waals surface area contributed by atoms with Gasteiger partial charge in [-0.3, -0.25) is 19.2 Å². The zero-order valence-electron chi connectivity index (χ0n) is 18.7. The molecular formula is C20H29N5O4S. The maximum atomic E-state index is 12.7. The lowest BCUT2D eigenvalue weighted by Gasteiger charge is -2.16. The minimum Gasteiger partial charge on any atom is -0.465 e. The Balaban J connectivity index is 2.20. The van der Waals surface area contributed by atoms with Gasteiger partial charge < -0.3 is 15.0 Å². The third kappa shape index (κ3) is 4.88. The number of nitrogens with zero attached hydrogens (tertiary/aromatic N) is 4. The van der Waals surface area contributed by atoms with Crippen LogP contribution in [0.4, 0.5) is 5.00 Å². The number of esters is 1. The van der Waals surface area contributed by atoms with Gasteiger partial charge in [0.2, 0.25) is 5.91 Å². The highest BCUT2D eigenvalue weighted by Gasteiger charge is 2.27. The molecule has 0 fully saturated rings. The molecule has 164 valence electrons. The first-order valence-corrected chi connectivity index (χ1v) is 10.2. The Morgan fingerprint density at radius 2 is 1.80 bits per heavy atom. The van der Waals surface area contributed by atoms with Crippen LogP contribution in [0, 0.1) is 20.8 Å². The van der Waals surface area contributed by atoms with Crippen molar-refractivity contribution in [2.24, 2.45) is 7.05 Å². The van der Waals surface area contributed by atoms with Crippen LogP contribution < -0.4 is 5.32 Å². The zero-order valence-corrected chi connectivity index (χ0v) is 19.6. The Hall–Kier alpha value is -2.72. The van der Waals surface area contributed by atoms with E-state index in [4.69, 9.17) is 4.74 Å². The van der Waals surface area contributed by atoms with Gasteiger partial charge in [-0.1, -0.05) is 0 Å². The van der Waals surface area contributed by atoms with E-state index in [0.29, 0.717) is 22.0 Å². The van der Waals surface area contributed by atoms with Crippen molar-refractivity contribution in [3.8, 4) is 0 Å². The van der Waals surface area contributed by atoms with E-state index in [0.717, 1.165) is 28.3 Å². The highest BCUT2D eigenvalue weighted by Crippen LogP contribution is 2.34. The molecule has 0 saturated carbocycles. The lowest BCUT2D eigenvalue weighted by Crippen LogP contribution is -2.30. The molecule has 0 unspecified atom stereocenters. The molecule has 0 spiro atoms. The molecule has 0 aliphatic heterocycles. The van der Waals surface area contributed by atoms with Gasteiger partial charge in [-0.25, -0.2) is 4.79 Å². The summed E-state index contributed by atoms with van der Waals surface area (Å²) in [6.07, 6.45) is 0. The van der Waals surface area contributed by atoms with E-state index in [-0.39, 0.29) is 23.9 Å². The number of aromatic nitrogens is 2. The molecule has 9 nitrogen and oxygen atoms in total. The number of nitrogens with one attached hydrogen (secondary N) is 1. The van der Waals surface area contributed by atoms with Gasteiger partial charge in [0.05, 0.1) is 29.8 Å². The lowest BCUT2D eigenvalue weighted by atomic mass is 10.1. The molecule has 2 aromatic heterocycles. The van der Waals surface area contributed by atoms with Crippen LogP contribution in [-0.4, -0.2) is 72.2 Å². The number of methoxy groups -OCH3 is 1. The van der Waals surface area contributed by atoms with E-state index in [1.54, 1.807) is 21.0 Å². The van der Waals surface area contributed by atoms with E-state index in [9.17, 15) is 14.4 Å². The second-order valence-electron chi connectivity index (χ2n) is 7.44. The molecule has 0 atom stereocenters. The van der Waals surface area contributed by atoms with Gasteiger partial charge in [0.15, 0.2) is 0 Å². The molecular weight excluding hydrogens is 406 g/mol. The first kappa shape index (κ1) is 23.6. The summed E-state index contributed by atoms with van der Waals surface area (Å²) in [6.45, 7) is 6.29. The van der Waals surface area contributed by atoms with Crippen LogP contribution in [0.3, 0.4) is 0 Å². The monoisotopic (exact) mass is 435 g/mol. The summed E-state index contributed by atoms with van der Waals surface area (Å²) in [5.74, 6) is -1.11. The lowest BCUT2D eigenvalue weighted by molar-refractivity contribution is -0.117. The zero-order chi connectivity index (χ0) is 22.7. The van der Waals surface area contributed by atoms with E-state index >= 15 is 0 Å². The Morgan fingerprint density at radius 1 is 1.17 bits per heavy atom. The third-order valence-electron chi connectivity index (χ3n) is 4.89. The number of likely N-dealkylation sites (N-methyl/N-ethyl adjacent to an activating group) is 1. The van der Waals surface area contributed by atoms with Gasteiger partial charge in [0.25, 0.3) is 5.91 Å².